The Morgan fingerprint density at radius 1 is 1.32 bits per heavy atom. The van der Waals surface area contributed by atoms with Crippen LogP contribution in [-0.2, 0) is 4.79 Å². The van der Waals surface area contributed by atoms with Crippen molar-refractivity contribution < 1.29 is 4.79 Å². The summed E-state index contributed by atoms with van der Waals surface area (Å²) in [5, 5.41) is 0. The van der Waals surface area contributed by atoms with E-state index in [0.717, 1.165) is 42.9 Å². The van der Waals surface area contributed by atoms with Gasteiger partial charge in [0, 0.05) is 44.5 Å². The molecule has 1 saturated heterocycles. The van der Waals surface area contributed by atoms with Crippen LogP contribution < -0.4 is 4.90 Å². The summed E-state index contributed by atoms with van der Waals surface area (Å²) < 4.78 is 0.897. The Morgan fingerprint density at radius 2 is 1.86 bits per heavy atom. The van der Waals surface area contributed by atoms with Gasteiger partial charge in [0.05, 0.1) is 4.47 Å². The van der Waals surface area contributed by atoms with Gasteiger partial charge in [-0.05, 0) is 34.7 Å². The third kappa shape index (κ3) is 4.41. The number of carbonyl (C=O) groups excluding carboxylic acids is 1. The Hall–Kier alpha value is -1.17. The second-order valence-electron chi connectivity index (χ2n) is 7.07. The molecule has 0 atom stereocenters. The molecule has 1 aromatic heterocycles. The lowest BCUT2D eigenvalue weighted by Gasteiger charge is -2.35. The van der Waals surface area contributed by atoms with E-state index in [4.69, 9.17) is 0 Å². The first-order valence-corrected chi connectivity index (χ1v) is 8.54. The molecular weight excluding hydrogens is 344 g/mol. The Bertz CT molecular complexity index is 504. The van der Waals surface area contributed by atoms with Gasteiger partial charge in [-0.25, -0.2) is 9.97 Å². The summed E-state index contributed by atoms with van der Waals surface area (Å²) in [6.07, 6.45) is 5.71. The van der Waals surface area contributed by atoms with E-state index in [1.54, 1.807) is 12.4 Å². The summed E-state index contributed by atoms with van der Waals surface area (Å²) in [6, 6.07) is 0. The molecule has 1 aliphatic heterocycles. The van der Waals surface area contributed by atoms with E-state index >= 15 is 0 Å². The van der Waals surface area contributed by atoms with Crippen LogP contribution in [0.2, 0.25) is 0 Å². The van der Waals surface area contributed by atoms with Crippen LogP contribution in [0.4, 0.5) is 5.95 Å². The SMILES string of the molecule is CN(CC1CCN(c2ncc(Br)cn2)CC1)C(=O)C(C)(C)C. The largest absolute Gasteiger partial charge is 0.345 e. The van der Waals surface area contributed by atoms with Crippen molar-refractivity contribution >= 4 is 27.8 Å². The average Bonchev–Trinajstić information content (AvgIpc) is 2.47. The van der Waals surface area contributed by atoms with Crippen molar-refractivity contribution in [2.24, 2.45) is 11.3 Å². The van der Waals surface area contributed by atoms with E-state index in [9.17, 15) is 4.79 Å². The average molecular weight is 369 g/mol. The first-order valence-electron chi connectivity index (χ1n) is 7.75. The highest BCUT2D eigenvalue weighted by molar-refractivity contribution is 9.10. The molecule has 22 heavy (non-hydrogen) atoms. The number of hydrogen-bond acceptors (Lipinski definition) is 4. The molecule has 0 unspecified atom stereocenters. The lowest BCUT2D eigenvalue weighted by atomic mass is 9.92. The fourth-order valence-electron chi connectivity index (χ4n) is 2.83. The van der Waals surface area contributed by atoms with Crippen molar-refractivity contribution in [1.29, 1.82) is 0 Å². The zero-order valence-electron chi connectivity index (χ0n) is 13.8. The van der Waals surface area contributed by atoms with Crippen LogP contribution in [0.1, 0.15) is 33.6 Å². The number of halogens is 1. The smallest absolute Gasteiger partial charge is 0.227 e. The second kappa shape index (κ2) is 6.94. The van der Waals surface area contributed by atoms with Crippen LogP contribution in [0, 0.1) is 11.3 Å². The van der Waals surface area contributed by atoms with Crippen molar-refractivity contribution in [3.05, 3.63) is 16.9 Å². The van der Waals surface area contributed by atoms with Crippen LogP contribution in [0.25, 0.3) is 0 Å². The minimum atomic E-state index is -0.305. The maximum Gasteiger partial charge on any atom is 0.227 e. The summed E-state index contributed by atoms with van der Waals surface area (Å²) in [4.78, 5) is 25.1. The Labute approximate surface area is 141 Å². The molecule has 0 radical (unpaired) electrons. The van der Waals surface area contributed by atoms with Crippen molar-refractivity contribution in [2.75, 3.05) is 31.6 Å². The van der Waals surface area contributed by atoms with E-state index in [-0.39, 0.29) is 11.3 Å². The van der Waals surface area contributed by atoms with Gasteiger partial charge in [-0.1, -0.05) is 20.8 Å². The third-order valence-electron chi connectivity index (χ3n) is 4.02. The fourth-order valence-corrected chi connectivity index (χ4v) is 3.03. The molecule has 0 saturated carbocycles. The summed E-state index contributed by atoms with van der Waals surface area (Å²) >= 11 is 3.35. The predicted octanol–water partition coefficient (Wildman–Crippen LogP) is 2.96. The van der Waals surface area contributed by atoms with E-state index in [0.29, 0.717) is 5.92 Å². The molecule has 0 bridgehead atoms. The van der Waals surface area contributed by atoms with Gasteiger partial charge in [0.1, 0.15) is 0 Å². The molecule has 2 heterocycles. The lowest BCUT2D eigenvalue weighted by molar-refractivity contribution is -0.138. The normalized spacial score (nSPS) is 16.7. The zero-order chi connectivity index (χ0) is 16.3. The number of anilines is 1. The van der Waals surface area contributed by atoms with Gasteiger partial charge in [0.25, 0.3) is 0 Å². The molecule has 2 rings (SSSR count). The molecule has 1 aliphatic rings. The molecule has 0 N–H and O–H groups in total. The lowest BCUT2D eigenvalue weighted by Crippen LogP contribution is -2.43. The van der Waals surface area contributed by atoms with Crippen LogP contribution in [0.5, 0.6) is 0 Å². The molecule has 1 fully saturated rings. The van der Waals surface area contributed by atoms with Gasteiger partial charge in [-0.3, -0.25) is 4.79 Å². The van der Waals surface area contributed by atoms with E-state index in [2.05, 4.69) is 30.8 Å². The van der Waals surface area contributed by atoms with Crippen molar-refractivity contribution in [3.8, 4) is 0 Å². The first-order chi connectivity index (χ1) is 10.3. The number of piperidine rings is 1. The van der Waals surface area contributed by atoms with Gasteiger partial charge in [0.15, 0.2) is 0 Å². The van der Waals surface area contributed by atoms with Crippen LogP contribution in [0.3, 0.4) is 0 Å². The quantitative estimate of drug-likeness (QED) is 0.822. The summed E-state index contributed by atoms with van der Waals surface area (Å²) in [5.41, 5.74) is -0.305. The van der Waals surface area contributed by atoms with Gasteiger partial charge in [-0.15, -0.1) is 0 Å². The summed E-state index contributed by atoms with van der Waals surface area (Å²) in [7, 11) is 1.91. The Morgan fingerprint density at radius 3 is 2.36 bits per heavy atom. The van der Waals surface area contributed by atoms with Gasteiger partial charge < -0.3 is 9.80 Å². The highest BCUT2D eigenvalue weighted by Gasteiger charge is 2.28. The first kappa shape index (κ1) is 17.2. The van der Waals surface area contributed by atoms with Crippen molar-refractivity contribution in [1.82, 2.24) is 14.9 Å². The van der Waals surface area contributed by atoms with Gasteiger partial charge in [0.2, 0.25) is 11.9 Å². The molecule has 5 nitrogen and oxygen atoms in total. The topological polar surface area (TPSA) is 49.3 Å². The molecule has 0 aliphatic carbocycles. The number of rotatable bonds is 3. The molecule has 122 valence electrons. The minimum absolute atomic E-state index is 0.214. The van der Waals surface area contributed by atoms with Gasteiger partial charge >= 0.3 is 0 Å². The van der Waals surface area contributed by atoms with E-state index in [1.807, 2.05) is 32.7 Å². The monoisotopic (exact) mass is 368 g/mol. The Kier molecular flexibility index (Phi) is 5.42. The third-order valence-corrected chi connectivity index (χ3v) is 4.43. The van der Waals surface area contributed by atoms with E-state index < -0.39 is 0 Å². The zero-order valence-corrected chi connectivity index (χ0v) is 15.4. The molecule has 1 aromatic rings. The highest BCUT2D eigenvalue weighted by atomic mass is 79.9. The summed E-state index contributed by atoms with van der Waals surface area (Å²) in [5.74, 6) is 1.56. The molecule has 0 spiro atoms. The van der Waals surface area contributed by atoms with Crippen LogP contribution >= 0.6 is 15.9 Å². The second-order valence-corrected chi connectivity index (χ2v) is 7.98. The summed E-state index contributed by atoms with van der Waals surface area (Å²) in [6.45, 7) is 8.65. The fraction of sp³-hybridized carbons (Fsp3) is 0.688. The van der Waals surface area contributed by atoms with Crippen LogP contribution in [0.15, 0.2) is 16.9 Å². The molecular formula is C16H25BrN4O. The number of hydrogen-bond donors (Lipinski definition) is 0. The van der Waals surface area contributed by atoms with Crippen molar-refractivity contribution in [3.63, 3.8) is 0 Å². The van der Waals surface area contributed by atoms with E-state index in [1.165, 1.54) is 0 Å². The number of amides is 1. The molecule has 1 amide bonds. The number of nitrogens with zero attached hydrogens (tertiary/aromatic N) is 4. The maximum atomic E-state index is 12.2. The minimum Gasteiger partial charge on any atom is -0.345 e. The van der Waals surface area contributed by atoms with Gasteiger partial charge in [-0.2, -0.15) is 0 Å². The molecule has 6 heteroatoms. The standard InChI is InChI=1S/C16H25BrN4O/c1-16(2,3)14(22)20(4)11-12-5-7-21(8-6-12)15-18-9-13(17)10-19-15/h9-10,12H,5-8,11H2,1-4H3. The number of aromatic nitrogens is 2. The van der Waals surface area contributed by atoms with Crippen LogP contribution in [-0.4, -0.2) is 47.5 Å². The molecule has 0 aromatic carbocycles. The van der Waals surface area contributed by atoms with Crippen molar-refractivity contribution in [2.45, 2.75) is 33.6 Å². The number of carbonyl (C=O) groups is 1. The predicted molar refractivity (Wildman–Crippen MR) is 91.8 cm³/mol. The maximum absolute atomic E-state index is 12.2. The highest BCUT2D eigenvalue weighted by Crippen LogP contribution is 2.23. The Balaban J connectivity index is 1.85.